The number of nitrogens with one attached hydrogen (secondary N) is 1. The molecule has 0 spiro atoms. The molecule has 5 nitrogen and oxygen atoms in total. The third kappa shape index (κ3) is 3.98. The maximum atomic E-state index is 12.8. The van der Waals surface area contributed by atoms with E-state index >= 15 is 0 Å². The van der Waals surface area contributed by atoms with Crippen LogP contribution in [0.5, 0.6) is 0 Å². The quantitative estimate of drug-likeness (QED) is 0.857. The van der Waals surface area contributed by atoms with Crippen molar-refractivity contribution in [1.29, 1.82) is 0 Å². The minimum atomic E-state index is -3.43. The molecule has 24 heavy (non-hydrogen) atoms. The van der Waals surface area contributed by atoms with Crippen molar-refractivity contribution >= 4 is 15.9 Å². The molecule has 1 N–H and O–H groups in total. The van der Waals surface area contributed by atoms with Crippen molar-refractivity contribution in [2.45, 2.75) is 50.0 Å². The van der Waals surface area contributed by atoms with Gasteiger partial charge in [-0.05, 0) is 43.2 Å². The zero-order chi connectivity index (χ0) is 17.2. The molecule has 1 amide bonds. The predicted octanol–water partition coefficient (Wildman–Crippen LogP) is 2.39. The molecule has 0 aromatic heterocycles. The third-order valence-corrected chi connectivity index (χ3v) is 7.03. The lowest BCUT2D eigenvalue weighted by atomic mass is 9.82. The van der Waals surface area contributed by atoms with E-state index in [1.807, 2.05) is 6.07 Å². The molecule has 6 heteroatoms. The van der Waals surface area contributed by atoms with Gasteiger partial charge in [-0.2, -0.15) is 4.31 Å². The Bertz CT molecular complexity index is 671. The van der Waals surface area contributed by atoms with E-state index in [0.717, 1.165) is 25.7 Å². The summed E-state index contributed by atoms with van der Waals surface area (Å²) in [5, 5.41) is 3.04. The molecule has 2 unspecified atom stereocenters. The first-order chi connectivity index (χ1) is 11.5. The van der Waals surface area contributed by atoms with Gasteiger partial charge >= 0.3 is 0 Å². The summed E-state index contributed by atoms with van der Waals surface area (Å²) >= 11 is 0. The first-order valence-electron chi connectivity index (χ1n) is 8.85. The van der Waals surface area contributed by atoms with Crippen LogP contribution in [0, 0.1) is 11.8 Å². The van der Waals surface area contributed by atoms with Gasteiger partial charge in [0, 0.05) is 25.6 Å². The lowest BCUT2D eigenvalue weighted by Crippen LogP contribution is -2.44. The second-order valence-electron chi connectivity index (χ2n) is 6.94. The standard InChI is InChI=1S/C18H26N2O3S/c1-2-14-13-20(24(22,23)17-6-4-3-5-7-17)11-10-15(14)12-18(21)19-16-8-9-16/h3-7,14-16H,2,8-13H2,1H3,(H,19,21). The second-order valence-corrected chi connectivity index (χ2v) is 8.88. The number of hydrogen-bond donors (Lipinski definition) is 1. The Hall–Kier alpha value is -1.40. The minimum Gasteiger partial charge on any atom is -0.353 e. The molecule has 2 atom stereocenters. The van der Waals surface area contributed by atoms with Gasteiger partial charge in [-0.15, -0.1) is 0 Å². The van der Waals surface area contributed by atoms with Crippen molar-refractivity contribution in [3.05, 3.63) is 30.3 Å². The number of benzene rings is 1. The number of amides is 1. The van der Waals surface area contributed by atoms with Crippen molar-refractivity contribution in [1.82, 2.24) is 9.62 Å². The zero-order valence-electron chi connectivity index (χ0n) is 14.1. The van der Waals surface area contributed by atoms with Crippen LogP contribution in [0.25, 0.3) is 0 Å². The summed E-state index contributed by atoms with van der Waals surface area (Å²) in [4.78, 5) is 12.4. The summed E-state index contributed by atoms with van der Waals surface area (Å²) in [7, 11) is -3.43. The first kappa shape index (κ1) is 17.4. The highest BCUT2D eigenvalue weighted by Gasteiger charge is 2.36. The normalized spacial score (nSPS) is 25.4. The molecule has 1 saturated heterocycles. The van der Waals surface area contributed by atoms with Crippen molar-refractivity contribution in [2.24, 2.45) is 11.8 Å². The van der Waals surface area contributed by atoms with E-state index < -0.39 is 10.0 Å². The van der Waals surface area contributed by atoms with Gasteiger partial charge in [-0.1, -0.05) is 31.5 Å². The summed E-state index contributed by atoms with van der Waals surface area (Å²) in [5.74, 6) is 0.637. The molecule has 1 aromatic rings. The topological polar surface area (TPSA) is 66.5 Å². The second kappa shape index (κ2) is 7.23. The highest BCUT2D eigenvalue weighted by Crippen LogP contribution is 2.32. The van der Waals surface area contributed by atoms with Gasteiger partial charge in [0.05, 0.1) is 4.90 Å². The highest BCUT2D eigenvalue weighted by molar-refractivity contribution is 7.89. The van der Waals surface area contributed by atoms with Gasteiger partial charge in [-0.25, -0.2) is 8.42 Å². The van der Waals surface area contributed by atoms with Gasteiger partial charge in [0.1, 0.15) is 0 Å². The van der Waals surface area contributed by atoms with E-state index in [4.69, 9.17) is 0 Å². The maximum Gasteiger partial charge on any atom is 0.243 e. The summed E-state index contributed by atoms with van der Waals surface area (Å²) in [6, 6.07) is 8.99. The molecule has 0 radical (unpaired) electrons. The third-order valence-electron chi connectivity index (χ3n) is 5.15. The Kier molecular flexibility index (Phi) is 5.25. The number of carbonyl (C=O) groups is 1. The van der Waals surface area contributed by atoms with E-state index in [9.17, 15) is 13.2 Å². The Labute approximate surface area is 144 Å². The van der Waals surface area contributed by atoms with Gasteiger partial charge in [0.2, 0.25) is 15.9 Å². The molecule has 1 heterocycles. The van der Waals surface area contributed by atoms with Crippen LogP contribution in [0.3, 0.4) is 0 Å². The average Bonchev–Trinajstić information content (AvgIpc) is 3.39. The van der Waals surface area contributed by atoms with Crippen LogP contribution in [0.1, 0.15) is 39.0 Å². The van der Waals surface area contributed by atoms with E-state index in [-0.39, 0.29) is 17.7 Å². The molecular weight excluding hydrogens is 324 g/mol. The number of carbonyl (C=O) groups excluding carboxylic acids is 1. The van der Waals surface area contributed by atoms with E-state index in [1.54, 1.807) is 28.6 Å². The van der Waals surface area contributed by atoms with Crippen molar-refractivity contribution in [2.75, 3.05) is 13.1 Å². The average molecular weight is 350 g/mol. The molecule has 2 aliphatic rings. The molecular formula is C18H26N2O3S. The fraction of sp³-hybridized carbons (Fsp3) is 0.611. The maximum absolute atomic E-state index is 12.8. The van der Waals surface area contributed by atoms with Crippen molar-refractivity contribution in [3.8, 4) is 0 Å². The van der Waals surface area contributed by atoms with Crippen LogP contribution in [-0.2, 0) is 14.8 Å². The molecule has 1 saturated carbocycles. The van der Waals surface area contributed by atoms with Crippen LogP contribution < -0.4 is 5.32 Å². The van der Waals surface area contributed by atoms with E-state index in [1.165, 1.54) is 0 Å². The molecule has 1 aromatic carbocycles. The van der Waals surface area contributed by atoms with Crippen LogP contribution >= 0.6 is 0 Å². The fourth-order valence-corrected chi connectivity index (χ4v) is 5.02. The van der Waals surface area contributed by atoms with Crippen molar-refractivity contribution in [3.63, 3.8) is 0 Å². The predicted molar refractivity (Wildman–Crippen MR) is 92.9 cm³/mol. The lowest BCUT2D eigenvalue weighted by Gasteiger charge is -2.37. The molecule has 1 aliphatic carbocycles. The molecule has 3 rings (SSSR count). The smallest absolute Gasteiger partial charge is 0.243 e. The van der Waals surface area contributed by atoms with Crippen LogP contribution in [0.15, 0.2) is 35.2 Å². The summed E-state index contributed by atoms with van der Waals surface area (Å²) in [6.45, 7) is 3.08. The SMILES string of the molecule is CCC1CN(S(=O)(=O)c2ccccc2)CCC1CC(=O)NC1CC1. The van der Waals surface area contributed by atoms with E-state index in [0.29, 0.717) is 30.4 Å². The number of rotatable bonds is 6. The Balaban J connectivity index is 1.64. The fourth-order valence-electron chi connectivity index (χ4n) is 3.49. The van der Waals surface area contributed by atoms with Gasteiger partial charge in [-0.3, -0.25) is 4.79 Å². The summed E-state index contributed by atoms with van der Waals surface area (Å²) < 4.78 is 27.1. The monoisotopic (exact) mass is 350 g/mol. The minimum absolute atomic E-state index is 0.125. The van der Waals surface area contributed by atoms with Gasteiger partial charge < -0.3 is 5.32 Å². The van der Waals surface area contributed by atoms with Gasteiger partial charge in [0.15, 0.2) is 0 Å². The van der Waals surface area contributed by atoms with E-state index in [2.05, 4.69) is 12.2 Å². The Morgan fingerprint density at radius 2 is 1.88 bits per heavy atom. The highest BCUT2D eigenvalue weighted by atomic mass is 32.2. The van der Waals surface area contributed by atoms with Crippen LogP contribution in [0.4, 0.5) is 0 Å². The number of sulfonamides is 1. The molecule has 132 valence electrons. The Morgan fingerprint density at radius 3 is 2.50 bits per heavy atom. The summed E-state index contributed by atoms with van der Waals surface area (Å²) in [6.07, 6.45) is 4.35. The molecule has 2 fully saturated rings. The largest absolute Gasteiger partial charge is 0.353 e. The first-order valence-corrected chi connectivity index (χ1v) is 10.3. The number of piperidine rings is 1. The van der Waals surface area contributed by atoms with Crippen molar-refractivity contribution < 1.29 is 13.2 Å². The molecule has 1 aliphatic heterocycles. The number of hydrogen-bond acceptors (Lipinski definition) is 3. The zero-order valence-corrected chi connectivity index (χ0v) is 15.0. The van der Waals surface area contributed by atoms with Crippen LogP contribution in [-0.4, -0.2) is 37.8 Å². The molecule has 0 bridgehead atoms. The number of nitrogens with zero attached hydrogens (tertiary/aromatic N) is 1. The lowest BCUT2D eigenvalue weighted by molar-refractivity contribution is -0.122. The van der Waals surface area contributed by atoms with Gasteiger partial charge in [0.25, 0.3) is 0 Å². The Morgan fingerprint density at radius 1 is 1.17 bits per heavy atom. The van der Waals surface area contributed by atoms with Crippen LogP contribution in [0.2, 0.25) is 0 Å². The summed E-state index contributed by atoms with van der Waals surface area (Å²) in [5.41, 5.74) is 0.